The van der Waals surface area contributed by atoms with E-state index in [2.05, 4.69) is 10.6 Å². The minimum atomic E-state index is -0.443. The van der Waals surface area contributed by atoms with Crippen LogP contribution in [0.3, 0.4) is 0 Å². The summed E-state index contributed by atoms with van der Waals surface area (Å²) in [5.41, 5.74) is 1.94. The molecule has 1 aliphatic heterocycles. The Morgan fingerprint density at radius 2 is 2.12 bits per heavy atom. The zero-order valence-electron chi connectivity index (χ0n) is 10.7. The molecule has 1 aromatic heterocycles. The van der Waals surface area contributed by atoms with Gasteiger partial charge >= 0.3 is 0 Å². The molecule has 0 saturated heterocycles. The van der Waals surface area contributed by atoms with Crippen LogP contribution >= 0.6 is 0 Å². The molecule has 1 aromatic rings. The predicted octanol–water partition coefficient (Wildman–Crippen LogP) is 2.90. The molecule has 3 rings (SSSR count). The highest BCUT2D eigenvalue weighted by Crippen LogP contribution is 2.42. The molecule has 0 spiro atoms. The second-order valence-corrected chi connectivity index (χ2v) is 5.89. The summed E-state index contributed by atoms with van der Waals surface area (Å²) in [5.74, 6) is 1.94. The van der Waals surface area contributed by atoms with Crippen LogP contribution in [0.25, 0.3) is 0 Å². The van der Waals surface area contributed by atoms with Crippen LogP contribution in [0.2, 0.25) is 0 Å². The highest BCUT2D eigenvalue weighted by molar-refractivity contribution is 5.33. The molecule has 2 heterocycles. The Morgan fingerprint density at radius 3 is 2.76 bits per heavy atom. The van der Waals surface area contributed by atoms with Crippen LogP contribution in [0.4, 0.5) is 0 Å². The summed E-state index contributed by atoms with van der Waals surface area (Å²) in [6.07, 6.45) is 6.16. The van der Waals surface area contributed by atoms with Gasteiger partial charge in [0.1, 0.15) is 5.82 Å². The number of hydrogen-bond acceptors (Lipinski definition) is 2. The molecule has 0 atom stereocenters. The number of fused-ring (bicyclic) bond motifs is 1. The molecule has 17 heavy (non-hydrogen) atoms. The third kappa shape index (κ3) is 1.67. The van der Waals surface area contributed by atoms with E-state index < -0.39 is 5.41 Å². The van der Waals surface area contributed by atoms with Crippen molar-refractivity contribution in [3.05, 3.63) is 17.2 Å². The highest BCUT2D eigenvalue weighted by atomic mass is 15.1. The Hall–Kier alpha value is -1.30. The Kier molecular flexibility index (Phi) is 2.29. The van der Waals surface area contributed by atoms with Crippen LogP contribution in [0.15, 0.2) is 0 Å². The summed E-state index contributed by atoms with van der Waals surface area (Å²) in [7, 11) is 0. The van der Waals surface area contributed by atoms with E-state index in [1.54, 1.807) is 0 Å². The van der Waals surface area contributed by atoms with Gasteiger partial charge in [0.25, 0.3) is 0 Å². The fraction of sp³-hybridized carbons (Fsp3) is 0.714. The van der Waals surface area contributed by atoms with E-state index in [0.29, 0.717) is 5.92 Å². The maximum Gasteiger partial charge on any atom is 0.112 e. The number of nitriles is 1. The number of nitrogens with zero attached hydrogens (tertiary/aromatic N) is 3. The Labute approximate surface area is 102 Å². The van der Waals surface area contributed by atoms with E-state index in [-0.39, 0.29) is 0 Å². The minimum Gasteiger partial charge on any atom is -0.331 e. The summed E-state index contributed by atoms with van der Waals surface area (Å²) in [5, 5.41) is 9.31. The largest absolute Gasteiger partial charge is 0.331 e. The average molecular weight is 229 g/mol. The normalized spacial score (nSPS) is 19.8. The van der Waals surface area contributed by atoms with Crippen LogP contribution in [-0.4, -0.2) is 9.55 Å². The number of rotatable bonds is 2. The predicted molar refractivity (Wildman–Crippen MR) is 65.8 cm³/mol. The van der Waals surface area contributed by atoms with Crippen molar-refractivity contribution in [1.82, 2.24) is 9.55 Å². The molecule has 0 bridgehead atoms. The van der Waals surface area contributed by atoms with Crippen LogP contribution in [-0.2, 0) is 18.4 Å². The number of hydrogen-bond donors (Lipinski definition) is 0. The minimum absolute atomic E-state index is 0.443. The molecular weight excluding hydrogens is 210 g/mol. The number of imidazole rings is 1. The van der Waals surface area contributed by atoms with Crippen LogP contribution in [0.5, 0.6) is 0 Å². The molecule has 0 radical (unpaired) electrons. The van der Waals surface area contributed by atoms with Crippen LogP contribution < -0.4 is 0 Å². The first-order valence-corrected chi connectivity index (χ1v) is 6.64. The third-order valence-electron chi connectivity index (χ3n) is 3.96. The van der Waals surface area contributed by atoms with Gasteiger partial charge in [0.05, 0.1) is 17.2 Å². The van der Waals surface area contributed by atoms with Gasteiger partial charge in [-0.3, -0.25) is 0 Å². The lowest BCUT2D eigenvalue weighted by Crippen LogP contribution is -2.20. The van der Waals surface area contributed by atoms with Crippen molar-refractivity contribution in [3.8, 4) is 6.07 Å². The molecule has 1 aliphatic carbocycles. The monoisotopic (exact) mass is 229 g/mol. The second kappa shape index (κ2) is 3.60. The van der Waals surface area contributed by atoms with Gasteiger partial charge in [0.15, 0.2) is 0 Å². The zero-order chi connectivity index (χ0) is 12.0. The first kappa shape index (κ1) is 10.8. The zero-order valence-corrected chi connectivity index (χ0v) is 10.7. The molecule has 0 unspecified atom stereocenters. The molecule has 0 N–H and O–H groups in total. The van der Waals surface area contributed by atoms with Crippen molar-refractivity contribution < 1.29 is 0 Å². The fourth-order valence-electron chi connectivity index (χ4n) is 2.78. The molecule has 1 fully saturated rings. The van der Waals surface area contributed by atoms with Gasteiger partial charge in [0.2, 0.25) is 0 Å². The first-order chi connectivity index (χ1) is 8.13. The van der Waals surface area contributed by atoms with Gasteiger partial charge in [-0.2, -0.15) is 5.26 Å². The lowest BCUT2D eigenvalue weighted by atomic mass is 9.88. The smallest absolute Gasteiger partial charge is 0.112 e. The molecule has 2 aliphatic rings. The lowest BCUT2D eigenvalue weighted by Gasteiger charge is -2.20. The van der Waals surface area contributed by atoms with Crippen molar-refractivity contribution in [1.29, 1.82) is 5.26 Å². The molecule has 90 valence electrons. The van der Waals surface area contributed by atoms with E-state index >= 15 is 0 Å². The van der Waals surface area contributed by atoms with Gasteiger partial charge in [0, 0.05) is 18.2 Å². The summed E-state index contributed by atoms with van der Waals surface area (Å²) in [4.78, 5) is 4.84. The van der Waals surface area contributed by atoms with Crippen molar-refractivity contribution in [2.75, 3.05) is 0 Å². The third-order valence-corrected chi connectivity index (χ3v) is 3.96. The van der Waals surface area contributed by atoms with E-state index in [0.717, 1.165) is 18.7 Å². The first-order valence-electron chi connectivity index (χ1n) is 6.64. The van der Waals surface area contributed by atoms with E-state index in [9.17, 15) is 5.26 Å². The van der Waals surface area contributed by atoms with E-state index in [1.165, 1.54) is 37.2 Å². The fourth-order valence-corrected chi connectivity index (χ4v) is 2.78. The quantitative estimate of drug-likeness (QED) is 0.782. The summed E-state index contributed by atoms with van der Waals surface area (Å²) in [6.45, 7) is 5.08. The van der Waals surface area contributed by atoms with Gasteiger partial charge in [-0.05, 0) is 46.0 Å². The Bertz CT molecular complexity index is 486. The van der Waals surface area contributed by atoms with E-state index in [4.69, 9.17) is 4.98 Å². The molecular formula is C14H19N3. The Balaban J connectivity index is 2.13. The van der Waals surface area contributed by atoms with Crippen molar-refractivity contribution in [3.63, 3.8) is 0 Å². The van der Waals surface area contributed by atoms with Crippen LogP contribution in [0, 0.1) is 11.3 Å². The molecule has 1 saturated carbocycles. The maximum atomic E-state index is 9.31. The Morgan fingerprint density at radius 1 is 1.35 bits per heavy atom. The SMILES string of the molecule is CC(C)(C#N)c1nc(C2CC2)n2c1CCCC2. The van der Waals surface area contributed by atoms with Gasteiger partial charge in [-0.15, -0.1) is 0 Å². The summed E-state index contributed by atoms with van der Waals surface area (Å²) < 4.78 is 2.41. The topological polar surface area (TPSA) is 41.6 Å². The molecule has 3 heteroatoms. The van der Waals surface area contributed by atoms with Gasteiger partial charge in [-0.25, -0.2) is 4.98 Å². The lowest BCUT2D eigenvalue weighted by molar-refractivity contribution is 0.507. The van der Waals surface area contributed by atoms with Gasteiger partial charge in [-0.1, -0.05) is 0 Å². The molecule has 0 amide bonds. The average Bonchev–Trinajstić information content (AvgIpc) is 3.10. The van der Waals surface area contributed by atoms with Gasteiger partial charge < -0.3 is 4.57 Å². The van der Waals surface area contributed by atoms with Crippen molar-refractivity contribution in [2.45, 2.75) is 63.8 Å². The summed E-state index contributed by atoms with van der Waals surface area (Å²) >= 11 is 0. The standard InChI is InChI=1S/C14H19N3/c1-14(2,9-15)12-11-5-3-4-8-17(11)13(16-12)10-6-7-10/h10H,3-8H2,1-2H3. The molecule has 0 aromatic carbocycles. The van der Waals surface area contributed by atoms with Crippen molar-refractivity contribution >= 4 is 0 Å². The highest BCUT2D eigenvalue weighted by Gasteiger charge is 2.36. The number of aromatic nitrogens is 2. The molecule has 3 nitrogen and oxygen atoms in total. The summed E-state index contributed by atoms with van der Waals surface area (Å²) in [6, 6.07) is 2.40. The maximum absolute atomic E-state index is 9.31. The van der Waals surface area contributed by atoms with E-state index in [1.807, 2.05) is 13.8 Å². The second-order valence-electron chi connectivity index (χ2n) is 5.89. The van der Waals surface area contributed by atoms with Crippen LogP contribution in [0.1, 0.15) is 62.7 Å². The van der Waals surface area contributed by atoms with Crippen molar-refractivity contribution in [2.24, 2.45) is 0 Å².